The van der Waals surface area contributed by atoms with E-state index in [-0.39, 0.29) is 11.9 Å². The Bertz CT molecular complexity index is 273. The van der Waals surface area contributed by atoms with E-state index in [1.54, 1.807) is 7.11 Å². The van der Waals surface area contributed by atoms with E-state index < -0.39 is 0 Å². The van der Waals surface area contributed by atoms with E-state index in [1.807, 2.05) is 6.92 Å². The molecule has 17 heavy (non-hydrogen) atoms. The van der Waals surface area contributed by atoms with E-state index in [2.05, 4.69) is 10.6 Å². The molecule has 0 aromatic rings. The van der Waals surface area contributed by atoms with Gasteiger partial charge in [-0.1, -0.05) is 0 Å². The van der Waals surface area contributed by atoms with Crippen molar-refractivity contribution in [1.82, 2.24) is 10.6 Å². The molecule has 98 valence electrons. The third-order valence-electron chi connectivity index (χ3n) is 3.92. The fourth-order valence-electron chi connectivity index (χ4n) is 2.63. The molecule has 4 heteroatoms. The number of rotatable bonds is 8. The summed E-state index contributed by atoms with van der Waals surface area (Å²) in [6, 6.07) is 0.0904. The normalized spacial score (nSPS) is 23.2. The van der Waals surface area contributed by atoms with Gasteiger partial charge in [-0.05, 0) is 43.9 Å². The molecule has 0 saturated heterocycles. The maximum Gasteiger partial charge on any atom is 0.234 e. The van der Waals surface area contributed by atoms with Crippen LogP contribution in [0.3, 0.4) is 0 Å². The second-order valence-corrected chi connectivity index (χ2v) is 5.66. The van der Waals surface area contributed by atoms with Gasteiger partial charge in [-0.15, -0.1) is 0 Å². The number of amides is 1. The minimum atomic E-state index is 0.0705. The SMILES string of the molecule is COCC(C)NC(=O)CNCC1(C2CC2)CC1. The monoisotopic (exact) mass is 240 g/mol. The van der Waals surface area contributed by atoms with Crippen molar-refractivity contribution in [2.45, 2.75) is 38.6 Å². The van der Waals surface area contributed by atoms with Crippen LogP contribution in [0, 0.1) is 11.3 Å². The van der Waals surface area contributed by atoms with Crippen molar-refractivity contribution in [3.05, 3.63) is 0 Å². The van der Waals surface area contributed by atoms with Crippen LogP contribution in [0.5, 0.6) is 0 Å². The van der Waals surface area contributed by atoms with Gasteiger partial charge in [0.2, 0.25) is 5.91 Å². The predicted molar refractivity (Wildman–Crippen MR) is 66.7 cm³/mol. The summed E-state index contributed by atoms with van der Waals surface area (Å²) in [4.78, 5) is 11.6. The molecular formula is C13H24N2O2. The molecule has 0 bridgehead atoms. The van der Waals surface area contributed by atoms with E-state index in [0.717, 1.165) is 12.5 Å². The van der Waals surface area contributed by atoms with Crippen molar-refractivity contribution in [1.29, 1.82) is 0 Å². The second kappa shape index (κ2) is 5.36. The molecular weight excluding hydrogens is 216 g/mol. The Hall–Kier alpha value is -0.610. The van der Waals surface area contributed by atoms with Crippen molar-refractivity contribution in [3.8, 4) is 0 Å². The van der Waals surface area contributed by atoms with E-state index in [4.69, 9.17) is 4.74 Å². The second-order valence-electron chi connectivity index (χ2n) is 5.66. The van der Waals surface area contributed by atoms with Crippen LogP contribution in [-0.4, -0.2) is 38.8 Å². The number of methoxy groups -OCH3 is 1. The van der Waals surface area contributed by atoms with Gasteiger partial charge in [0, 0.05) is 19.7 Å². The molecule has 2 saturated carbocycles. The Labute approximate surface area is 103 Å². The number of carbonyl (C=O) groups excluding carboxylic acids is 1. The van der Waals surface area contributed by atoms with E-state index in [1.165, 1.54) is 25.7 Å². The van der Waals surface area contributed by atoms with Gasteiger partial charge < -0.3 is 15.4 Å². The van der Waals surface area contributed by atoms with Crippen LogP contribution in [-0.2, 0) is 9.53 Å². The van der Waals surface area contributed by atoms with Crippen molar-refractivity contribution < 1.29 is 9.53 Å². The molecule has 0 aromatic heterocycles. The summed E-state index contributed by atoms with van der Waals surface area (Å²) in [7, 11) is 1.65. The van der Waals surface area contributed by atoms with Crippen LogP contribution >= 0.6 is 0 Å². The lowest BCUT2D eigenvalue weighted by atomic mass is 10.0. The standard InChI is InChI=1S/C13H24N2O2/c1-10(8-17-2)15-12(16)7-14-9-13(5-6-13)11-3-4-11/h10-11,14H,3-9H2,1-2H3,(H,15,16). The predicted octanol–water partition coefficient (Wildman–Crippen LogP) is 0.917. The Balaban J connectivity index is 1.57. The number of hydrogen-bond acceptors (Lipinski definition) is 3. The summed E-state index contributed by atoms with van der Waals surface area (Å²) in [5.74, 6) is 1.02. The maximum atomic E-state index is 11.6. The first-order valence-electron chi connectivity index (χ1n) is 6.65. The van der Waals surface area contributed by atoms with Gasteiger partial charge in [0.1, 0.15) is 0 Å². The summed E-state index contributed by atoms with van der Waals surface area (Å²) in [5, 5.41) is 6.21. The fraction of sp³-hybridized carbons (Fsp3) is 0.923. The lowest BCUT2D eigenvalue weighted by molar-refractivity contribution is -0.121. The minimum Gasteiger partial charge on any atom is -0.383 e. The van der Waals surface area contributed by atoms with Crippen LogP contribution < -0.4 is 10.6 Å². The smallest absolute Gasteiger partial charge is 0.234 e. The molecule has 1 atom stereocenters. The summed E-state index contributed by atoms with van der Waals surface area (Å²) in [6.07, 6.45) is 5.51. The summed E-state index contributed by atoms with van der Waals surface area (Å²) in [5.41, 5.74) is 0.568. The molecule has 2 fully saturated rings. The number of hydrogen-bond donors (Lipinski definition) is 2. The first-order chi connectivity index (χ1) is 8.16. The zero-order valence-electron chi connectivity index (χ0n) is 10.9. The number of nitrogens with one attached hydrogen (secondary N) is 2. The van der Waals surface area contributed by atoms with Crippen LogP contribution in [0.4, 0.5) is 0 Å². The zero-order chi connectivity index (χ0) is 12.3. The molecule has 0 heterocycles. The highest BCUT2D eigenvalue weighted by Gasteiger charge is 2.53. The molecule has 0 aromatic carbocycles. The van der Waals surface area contributed by atoms with Gasteiger partial charge in [-0.3, -0.25) is 4.79 Å². The first-order valence-corrected chi connectivity index (χ1v) is 6.65. The van der Waals surface area contributed by atoms with Crippen molar-refractivity contribution in [2.75, 3.05) is 26.8 Å². The minimum absolute atomic E-state index is 0.0705. The molecule has 1 amide bonds. The lowest BCUT2D eigenvalue weighted by Crippen LogP contribution is -2.42. The highest BCUT2D eigenvalue weighted by molar-refractivity contribution is 5.78. The molecule has 2 rings (SSSR count). The Kier molecular flexibility index (Phi) is 4.05. The molecule has 0 radical (unpaired) electrons. The quantitative estimate of drug-likeness (QED) is 0.663. The third-order valence-corrected chi connectivity index (χ3v) is 3.92. The topological polar surface area (TPSA) is 50.4 Å². The summed E-state index contributed by atoms with van der Waals surface area (Å²) in [6.45, 7) is 3.97. The van der Waals surface area contributed by atoms with Crippen LogP contribution in [0.1, 0.15) is 32.6 Å². The molecule has 1 unspecified atom stereocenters. The van der Waals surface area contributed by atoms with E-state index in [0.29, 0.717) is 18.6 Å². The highest BCUT2D eigenvalue weighted by atomic mass is 16.5. The third kappa shape index (κ3) is 3.68. The van der Waals surface area contributed by atoms with Crippen LogP contribution in [0.2, 0.25) is 0 Å². The maximum absolute atomic E-state index is 11.6. The average molecular weight is 240 g/mol. The lowest BCUT2D eigenvalue weighted by Gasteiger charge is -2.16. The molecule has 0 spiro atoms. The average Bonchev–Trinajstić information content (AvgIpc) is 3.13. The van der Waals surface area contributed by atoms with Crippen molar-refractivity contribution in [2.24, 2.45) is 11.3 Å². The fourth-order valence-corrected chi connectivity index (χ4v) is 2.63. The van der Waals surface area contributed by atoms with E-state index in [9.17, 15) is 4.79 Å². The molecule has 2 aliphatic rings. The Morgan fingerprint density at radius 3 is 2.71 bits per heavy atom. The van der Waals surface area contributed by atoms with Crippen molar-refractivity contribution >= 4 is 5.91 Å². The summed E-state index contributed by atoms with van der Waals surface area (Å²) >= 11 is 0. The van der Waals surface area contributed by atoms with Gasteiger partial charge in [0.15, 0.2) is 0 Å². The van der Waals surface area contributed by atoms with Crippen LogP contribution in [0.15, 0.2) is 0 Å². The molecule has 2 N–H and O–H groups in total. The van der Waals surface area contributed by atoms with Crippen LogP contribution in [0.25, 0.3) is 0 Å². The highest BCUT2D eigenvalue weighted by Crippen LogP contribution is 2.60. The van der Waals surface area contributed by atoms with E-state index >= 15 is 0 Å². The zero-order valence-corrected chi connectivity index (χ0v) is 10.9. The van der Waals surface area contributed by atoms with Crippen molar-refractivity contribution in [3.63, 3.8) is 0 Å². The Morgan fingerprint density at radius 1 is 1.47 bits per heavy atom. The van der Waals surface area contributed by atoms with Gasteiger partial charge in [-0.2, -0.15) is 0 Å². The largest absolute Gasteiger partial charge is 0.383 e. The Morgan fingerprint density at radius 2 is 2.18 bits per heavy atom. The number of carbonyl (C=O) groups is 1. The van der Waals surface area contributed by atoms with Gasteiger partial charge in [0.05, 0.1) is 13.2 Å². The van der Waals surface area contributed by atoms with Gasteiger partial charge in [0.25, 0.3) is 0 Å². The summed E-state index contributed by atoms with van der Waals surface area (Å²) < 4.78 is 4.98. The number of ether oxygens (including phenoxy) is 1. The van der Waals surface area contributed by atoms with Gasteiger partial charge in [-0.25, -0.2) is 0 Å². The van der Waals surface area contributed by atoms with Gasteiger partial charge >= 0.3 is 0 Å². The molecule has 0 aliphatic heterocycles. The molecule has 2 aliphatic carbocycles. The first kappa shape index (κ1) is 12.8. The molecule has 4 nitrogen and oxygen atoms in total.